The summed E-state index contributed by atoms with van der Waals surface area (Å²) in [7, 11) is -5.11. The van der Waals surface area contributed by atoms with Gasteiger partial charge in [0.15, 0.2) is 12.3 Å². The molecule has 232 valence electrons. The van der Waals surface area contributed by atoms with Gasteiger partial charge in [-0.1, -0.05) is 24.2 Å². The number of ether oxygens (including phenoxy) is 2. The fourth-order valence-corrected chi connectivity index (χ4v) is 6.55. The Morgan fingerprint density at radius 3 is 2.33 bits per heavy atom. The van der Waals surface area contributed by atoms with Crippen LogP contribution in [0.2, 0.25) is 5.02 Å². The summed E-state index contributed by atoms with van der Waals surface area (Å²) in [6.07, 6.45) is -0.629. The molecule has 3 aromatic rings. The number of fused-ring (bicyclic) bond motifs is 1. The molecule has 43 heavy (non-hydrogen) atoms. The minimum absolute atomic E-state index is 0.154. The van der Waals surface area contributed by atoms with E-state index in [2.05, 4.69) is 6.58 Å². The largest absolute Gasteiger partial charge is 0.459 e. The number of amides is 1. The molecule has 0 aliphatic rings. The van der Waals surface area contributed by atoms with E-state index in [0.29, 0.717) is 20.8 Å². The summed E-state index contributed by atoms with van der Waals surface area (Å²) in [4.78, 5) is 52.1. The van der Waals surface area contributed by atoms with Gasteiger partial charge in [-0.25, -0.2) is 0 Å². The molecule has 13 heteroatoms. The number of thiophene rings is 1. The summed E-state index contributed by atoms with van der Waals surface area (Å²) < 4.78 is 31.2. The van der Waals surface area contributed by atoms with Crippen molar-refractivity contribution in [3.63, 3.8) is 0 Å². The van der Waals surface area contributed by atoms with Gasteiger partial charge in [-0.2, -0.15) is 0 Å². The Hall–Kier alpha value is -3.21. The number of esters is 2. The lowest BCUT2D eigenvalue weighted by Crippen LogP contribution is -2.36. The molecule has 3 unspecified atom stereocenters. The van der Waals surface area contributed by atoms with Gasteiger partial charge in [0.05, 0.1) is 16.5 Å². The smallest absolute Gasteiger partial charge is 0.348 e. The van der Waals surface area contributed by atoms with Crippen LogP contribution in [-0.2, 0) is 32.9 Å². The first-order valence-electron chi connectivity index (χ1n) is 13.2. The Balaban J connectivity index is 2.12. The van der Waals surface area contributed by atoms with Crippen LogP contribution in [0.5, 0.6) is 0 Å². The zero-order valence-corrected chi connectivity index (χ0v) is 27.3. The van der Waals surface area contributed by atoms with Crippen LogP contribution in [0.25, 0.3) is 10.1 Å². The molecule has 0 bridgehead atoms. The lowest BCUT2D eigenvalue weighted by Gasteiger charge is -2.30. The summed E-state index contributed by atoms with van der Waals surface area (Å²) in [6, 6.07) is 11.3. The predicted octanol–water partition coefficient (Wildman–Crippen LogP) is 7.06. The van der Waals surface area contributed by atoms with Gasteiger partial charge < -0.3 is 20.1 Å². The molecular weight excluding hydrogens is 615 g/mol. The maximum atomic E-state index is 14.3. The number of hydrogen-bond acceptors (Lipinski definition) is 9. The highest BCUT2D eigenvalue weighted by Crippen LogP contribution is 2.60. The standard InChI is InChI=1S/C30H36ClN2O8PS/c1-8-33(20-11-9-10-19(32)15-20)26(34)25(22-17-43-23-13-12-18(31)14-21(22)23)42(37,38)41-24(40-28(36)30(5,6)7)16-39-27(35)29(2,3)4/h8-15,17,24-25H,1,16,32H2,2-7H3,(H,37,38). The number of nitrogens with two attached hydrogens (primary N) is 1. The second kappa shape index (κ2) is 13.2. The highest BCUT2D eigenvalue weighted by Gasteiger charge is 2.46. The number of halogens is 1. The molecule has 0 radical (unpaired) electrons. The SMILES string of the molecule is C=CN(C(=O)C(c1csc2ccc(Cl)cc12)P(=O)(O)OC(COC(=O)C(C)(C)C)OC(=O)C(C)(C)C)c1cccc(N)c1. The summed E-state index contributed by atoms with van der Waals surface area (Å²) >= 11 is 7.49. The fraction of sp³-hybridized carbons (Fsp3) is 0.367. The number of rotatable bonds is 10. The summed E-state index contributed by atoms with van der Waals surface area (Å²) in [5.74, 6) is -2.32. The van der Waals surface area contributed by atoms with Crippen molar-refractivity contribution in [1.29, 1.82) is 0 Å². The molecule has 3 rings (SSSR count). The Bertz CT molecular complexity index is 1580. The zero-order chi connectivity index (χ0) is 32.3. The normalized spacial score (nSPS) is 14.8. The van der Waals surface area contributed by atoms with Gasteiger partial charge in [0.25, 0.3) is 5.91 Å². The molecule has 0 saturated heterocycles. The predicted molar refractivity (Wildman–Crippen MR) is 169 cm³/mol. The molecule has 1 heterocycles. The van der Waals surface area contributed by atoms with Crippen LogP contribution in [0.3, 0.4) is 0 Å². The summed E-state index contributed by atoms with van der Waals surface area (Å²) in [5.41, 5.74) is 2.93. The van der Waals surface area contributed by atoms with Crippen LogP contribution in [0.1, 0.15) is 52.8 Å². The minimum atomic E-state index is -5.11. The first kappa shape index (κ1) is 34.3. The van der Waals surface area contributed by atoms with E-state index in [1.165, 1.54) is 23.6 Å². The van der Waals surface area contributed by atoms with E-state index < -0.39 is 54.8 Å². The Morgan fingerprint density at radius 1 is 1.09 bits per heavy atom. The average Bonchev–Trinajstić information content (AvgIpc) is 3.28. The molecule has 2 aromatic carbocycles. The molecule has 0 fully saturated rings. The first-order chi connectivity index (χ1) is 19.8. The molecule has 0 spiro atoms. The van der Waals surface area contributed by atoms with Crippen LogP contribution < -0.4 is 10.6 Å². The van der Waals surface area contributed by atoms with E-state index >= 15 is 0 Å². The van der Waals surface area contributed by atoms with Gasteiger partial charge >= 0.3 is 19.5 Å². The van der Waals surface area contributed by atoms with Crippen LogP contribution in [-0.4, -0.2) is 35.6 Å². The number of nitrogens with zero attached hydrogens (tertiary/aromatic N) is 1. The highest BCUT2D eigenvalue weighted by molar-refractivity contribution is 7.54. The average molecular weight is 651 g/mol. The van der Waals surface area contributed by atoms with Crippen molar-refractivity contribution < 1.29 is 37.8 Å². The quantitative estimate of drug-likeness (QED) is 0.102. The number of benzene rings is 2. The van der Waals surface area contributed by atoms with E-state index in [0.717, 1.165) is 4.90 Å². The number of anilines is 2. The van der Waals surface area contributed by atoms with Crippen LogP contribution in [0.15, 0.2) is 60.6 Å². The number of carbonyl (C=O) groups excluding carboxylic acids is 3. The van der Waals surface area contributed by atoms with Crippen molar-refractivity contribution in [2.24, 2.45) is 10.8 Å². The van der Waals surface area contributed by atoms with Gasteiger partial charge in [0.2, 0.25) is 6.29 Å². The Kier molecular flexibility index (Phi) is 10.5. The zero-order valence-electron chi connectivity index (χ0n) is 24.8. The molecule has 1 amide bonds. The third-order valence-corrected chi connectivity index (χ3v) is 8.98. The van der Waals surface area contributed by atoms with Gasteiger partial charge in [-0.05, 0) is 94.3 Å². The molecule has 1 aromatic heterocycles. The van der Waals surface area contributed by atoms with E-state index in [4.69, 9.17) is 31.3 Å². The molecule has 3 N–H and O–H groups in total. The molecule has 3 atom stereocenters. The highest BCUT2D eigenvalue weighted by atomic mass is 35.5. The minimum Gasteiger partial charge on any atom is -0.459 e. The molecule has 0 saturated carbocycles. The summed E-state index contributed by atoms with van der Waals surface area (Å²) in [5, 5.41) is 2.36. The number of carbonyl (C=O) groups is 3. The van der Waals surface area contributed by atoms with Crippen LogP contribution in [0, 0.1) is 10.8 Å². The van der Waals surface area contributed by atoms with E-state index in [-0.39, 0.29) is 11.3 Å². The lowest BCUT2D eigenvalue weighted by molar-refractivity contribution is -0.187. The Labute approximate surface area is 259 Å². The van der Waals surface area contributed by atoms with Crippen molar-refractivity contribution in [2.45, 2.75) is 53.5 Å². The topological polar surface area (TPSA) is 145 Å². The number of hydrogen-bond donors (Lipinski definition) is 2. The Morgan fingerprint density at radius 2 is 1.74 bits per heavy atom. The third-order valence-electron chi connectivity index (χ3n) is 6.07. The van der Waals surface area contributed by atoms with Crippen molar-refractivity contribution in [2.75, 3.05) is 17.2 Å². The fourth-order valence-electron chi connectivity index (χ4n) is 3.78. The van der Waals surface area contributed by atoms with Gasteiger partial charge in [0.1, 0.15) is 0 Å². The van der Waals surface area contributed by atoms with Gasteiger partial charge in [-0.3, -0.25) is 28.4 Å². The maximum Gasteiger partial charge on any atom is 0.348 e. The van der Waals surface area contributed by atoms with Crippen molar-refractivity contribution >= 4 is 69.8 Å². The van der Waals surface area contributed by atoms with E-state index in [1.54, 1.807) is 83.3 Å². The van der Waals surface area contributed by atoms with Crippen LogP contribution in [0.4, 0.5) is 11.4 Å². The maximum absolute atomic E-state index is 14.3. The lowest BCUT2D eigenvalue weighted by atomic mass is 9.97. The van der Waals surface area contributed by atoms with Crippen LogP contribution >= 0.6 is 30.5 Å². The first-order valence-corrected chi connectivity index (χ1v) is 16.1. The van der Waals surface area contributed by atoms with Crippen molar-refractivity contribution in [3.05, 3.63) is 71.2 Å². The van der Waals surface area contributed by atoms with E-state index in [9.17, 15) is 23.8 Å². The second-order valence-corrected chi connectivity index (χ2v) is 15.0. The van der Waals surface area contributed by atoms with E-state index in [1.807, 2.05) is 0 Å². The second-order valence-electron chi connectivity index (χ2n) is 11.8. The van der Waals surface area contributed by atoms with Crippen molar-refractivity contribution in [1.82, 2.24) is 0 Å². The van der Waals surface area contributed by atoms with Gasteiger partial charge in [0, 0.05) is 21.6 Å². The van der Waals surface area contributed by atoms with Crippen molar-refractivity contribution in [3.8, 4) is 0 Å². The molecule has 0 aliphatic heterocycles. The molecule has 0 aliphatic carbocycles. The third kappa shape index (κ3) is 8.46. The summed E-state index contributed by atoms with van der Waals surface area (Å²) in [6.45, 7) is 12.6. The molecular formula is C30H36ClN2O8PS. The van der Waals surface area contributed by atoms with Gasteiger partial charge in [-0.15, -0.1) is 11.3 Å². The monoisotopic (exact) mass is 650 g/mol. The molecule has 10 nitrogen and oxygen atoms in total. The number of nitrogen functional groups attached to an aromatic ring is 1.